The molecular weight excluding hydrogens is 212 g/mol. The summed E-state index contributed by atoms with van der Waals surface area (Å²) in [5.74, 6) is -0.00162. The molecule has 3 heteroatoms. The lowest BCUT2D eigenvalue weighted by molar-refractivity contribution is 0.0941. The zero-order valence-electron chi connectivity index (χ0n) is 9.89. The fourth-order valence-electron chi connectivity index (χ4n) is 2.07. The third kappa shape index (κ3) is 2.01. The molecule has 0 aliphatic rings. The molecule has 0 saturated carbocycles. The number of aromatic nitrogens is 1. The van der Waals surface area contributed by atoms with Crippen molar-refractivity contribution in [2.45, 2.75) is 19.4 Å². The van der Waals surface area contributed by atoms with Crippen molar-refractivity contribution in [3.8, 4) is 0 Å². The first-order chi connectivity index (χ1) is 8.15. The molecule has 0 bridgehead atoms. The molecule has 1 aromatic carbocycles. The summed E-state index contributed by atoms with van der Waals surface area (Å²) in [5, 5.41) is 1.04. The van der Waals surface area contributed by atoms with Crippen LogP contribution in [0, 0.1) is 0 Å². The van der Waals surface area contributed by atoms with Gasteiger partial charge in [-0.2, -0.15) is 0 Å². The molecule has 0 aliphatic carbocycles. The van der Waals surface area contributed by atoms with Gasteiger partial charge in [0, 0.05) is 24.5 Å². The largest absolute Gasteiger partial charge is 0.324 e. The van der Waals surface area contributed by atoms with Crippen LogP contribution in [0.5, 0.6) is 0 Å². The molecule has 2 N–H and O–H groups in total. The predicted molar refractivity (Wildman–Crippen MR) is 70.0 cm³/mol. The van der Waals surface area contributed by atoms with Gasteiger partial charge in [0.1, 0.15) is 0 Å². The number of carbonyl (C=O) groups is 1. The van der Waals surface area contributed by atoms with Gasteiger partial charge in [0.2, 0.25) is 5.91 Å². The normalized spacial score (nSPS) is 12.6. The van der Waals surface area contributed by atoms with E-state index >= 15 is 0 Å². The van der Waals surface area contributed by atoms with Crippen LogP contribution >= 0.6 is 0 Å². The molecular formula is C14H16N2O. The first-order valence-electron chi connectivity index (χ1n) is 5.62. The highest BCUT2D eigenvalue weighted by Crippen LogP contribution is 2.27. The summed E-state index contributed by atoms with van der Waals surface area (Å²) in [4.78, 5) is 11.6. The predicted octanol–water partition coefficient (Wildman–Crippen LogP) is 2.88. The Balaban J connectivity index is 2.64. The summed E-state index contributed by atoms with van der Waals surface area (Å²) < 4.78 is 1.65. The van der Waals surface area contributed by atoms with Gasteiger partial charge >= 0.3 is 0 Å². The number of carbonyl (C=O) groups excluding carboxylic acids is 1. The van der Waals surface area contributed by atoms with E-state index in [1.807, 2.05) is 30.5 Å². The number of nitrogens with two attached hydrogens (primary N) is 1. The highest BCUT2D eigenvalue weighted by Gasteiger charge is 2.14. The Morgan fingerprint density at radius 3 is 2.88 bits per heavy atom. The molecule has 0 spiro atoms. The van der Waals surface area contributed by atoms with Gasteiger partial charge in [-0.3, -0.25) is 9.36 Å². The lowest BCUT2D eigenvalue weighted by Gasteiger charge is -2.06. The van der Waals surface area contributed by atoms with Crippen LogP contribution in [0.1, 0.15) is 29.7 Å². The zero-order valence-corrected chi connectivity index (χ0v) is 9.89. The molecule has 0 saturated heterocycles. The van der Waals surface area contributed by atoms with Crippen molar-refractivity contribution in [2.24, 2.45) is 5.73 Å². The number of fused-ring (bicyclic) bond motifs is 1. The number of para-hydroxylation sites is 1. The van der Waals surface area contributed by atoms with Crippen molar-refractivity contribution in [1.82, 2.24) is 4.57 Å². The first kappa shape index (κ1) is 11.6. The van der Waals surface area contributed by atoms with E-state index in [4.69, 9.17) is 5.73 Å². The van der Waals surface area contributed by atoms with Crippen molar-refractivity contribution >= 4 is 16.8 Å². The second-order valence-corrected chi connectivity index (χ2v) is 4.12. The van der Waals surface area contributed by atoms with E-state index in [2.05, 4.69) is 6.58 Å². The van der Waals surface area contributed by atoms with Gasteiger partial charge in [0.05, 0.1) is 5.52 Å². The lowest BCUT2D eigenvalue weighted by atomic mass is 10.0. The summed E-state index contributed by atoms with van der Waals surface area (Å²) in [6.45, 7) is 5.25. The minimum atomic E-state index is -0.113. The maximum absolute atomic E-state index is 11.6. The molecule has 1 aromatic heterocycles. The molecule has 0 unspecified atom stereocenters. The Hall–Kier alpha value is -1.87. The molecule has 2 aromatic rings. The van der Waals surface area contributed by atoms with E-state index in [1.165, 1.54) is 0 Å². The van der Waals surface area contributed by atoms with Crippen molar-refractivity contribution < 1.29 is 4.79 Å². The zero-order chi connectivity index (χ0) is 12.4. The minimum Gasteiger partial charge on any atom is -0.324 e. The SMILES string of the molecule is C=CC[C@@H](N)c1cn(C(C)=O)c2ccccc12. The van der Waals surface area contributed by atoms with E-state index in [-0.39, 0.29) is 11.9 Å². The van der Waals surface area contributed by atoms with E-state index in [1.54, 1.807) is 17.6 Å². The van der Waals surface area contributed by atoms with Crippen LogP contribution in [-0.2, 0) is 0 Å². The van der Waals surface area contributed by atoms with Crippen LogP contribution in [0.25, 0.3) is 10.9 Å². The smallest absolute Gasteiger partial charge is 0.227 e. The second kappa shape index (κ2) is 4.55. The van der Waals surface area contributed by atoms with Crippen LogP contribution in [0.2, 0.25) is 0 Å². The molecule has 0 radical (unpaired) electrons. The molecule has 88 valence electrons. The number of rotatable bonds is 3. The van der Waals surface area contributed by atoms with Crippen LogP contribution < -0.4 is 5.73 Å². The quantitative estimate of drug-likeness (QED) is 0.821. The molecule has 0 aliphatic heterocycles. The summed E-state index contributed by atoms with van der Waals surface area (Å²) >= 11 is 0. The number of hydrogen-bond donors (Lipinski definition) is 1. The maximum Gasteiger partial charge on any atom is 0.227 e. The standard InChI is InChI=1S/C14H16N2O/c1-3-6-13(15)12-9-16(10(2)17)14-8-5-4-7-11(12)14/h3-5,7-9,13H,1,6,15H2,2H3/t13-/m1/s1. The first-order valence-corrected chi connectivity index (χ1v) is 5.62. The van der Waals surface area contributed by atoms with Gasteiger partial charge in [-0.25, -0.2) is 0 Å². The summed E-state index contributed by atoms with van der Waals surface area (Å²) in [6, 6.07) is 7.69. The number of nitrogens with zero attached hydrogens (tertiary/aromatic N) is 1. The van der Waals surface area contributed by atoms with Crippen molar-refractivity contribution in [2.75, 3.05) is 0 Å². The molecule has 1 heterocycles. The lowest BCUT2D eigenvalue weighted by Crippen LogP contribution is -2.09. The van der Waals surface area contributed by atoms with Gasteiger partial charge in [0.15, 0.2) is 0 Å². The fourth-order valence-corrected chi connectivity index (χ4v) is 2.07. The van der Waals surface area contributed by atoms with E-state index < -0.39 is 0 Å². The summed E-state index contributed by atoms with van der Waals surface area (Å²) in [6.07, 6.45) is 4.33. The second-order valence-electron chi connectivity index (χ2n) is 4.12. The Morgan fingerprint density at radius 1 is 1.53 bits per heavy atom. The fraction of sp³-hybridized carbons (Fsp3) is 0.214. The third-order valence-electron chi connectivity index (χ3n) is 2.90. The van der Waals surface area contributed by atoms with Crippen molar-refractivity contribution in [3.63, 3.8) is 0 Å². The Bertz CT molecular complexity index is 569. The Labute approximate surface area is 101 Å². The summed E-state index contributed by atoms with van der Waals surface area (Å²) in [7, 11) is 0. The van der Waals surface area contributed by atoms with Gasteiger partial charge in [-0.15, -0.1) is 6.58 Å². The maximum atomic E-state index is 11.6. The van der Waals surface area contributed by atoms with Crippen LogP contribution in [0.15, 0.2) is 43.1 Å². The number of hydrogen-bond acceptors (Lipinski definition) is 2. The molecule has 1 atom stereocenters. The molecule has 0 fully saturated rings. The summed E-state index contributed by atoms with van der Waals surface area (Å²) in [5.41, 5.74) is 8.00. The van der Waals surface area contributed by atoms with E-state index in [9.17, 15) is 4.79 Å². The van der Waals surface area contributed by atoms with Gasteiger partial charge in [-0.1, -0.05) is 24.3 Å². The van der Waals surface area contributed by atoms with E-state index in [0.717, 1.165) is 16.5 Å². The Morgan fingerprint density at radius 2 is 2.24 bits per heavy atom. The number of benzene rings is 1. The molecule has 3 nitrogen and oxygen atoms in total. The van der Waals surface area contributed by atoms with Crippen LogP contribution in [-0.4, -0.2) is 10.5 Å². The van der Waals surface area contributed by atoms with Crippen molar-refractivity contribution in [1.29, 1.82) is 0 Å². The third-order valence-corrected chi connectivity index (χ3v) is 2.90. The van der Waals surface area contributed by atoms with Crippen molar-refractivity contribution in [3.05, 3.63) is 48.7 Å². The minimum absolute atomic E-state index is 0.00162. The average molecular weight is 228 g/mol. The van der Waals surface area contributed by atoms with Gasteiger partial charge < -0.3 is 5.73 Å². The van der Waals surface area contributed by atoms with Gasteiger partial charge in [-0.05, 0) is 18.1 Å². The molecule has 17 heavy (non-hydrogen) atoms. The molecule has 0 amide bonds. The van der Waals surface area contributed by atoms with Crippen LogP contribution in [0.4, 0.5) is 0 Å². The average Bonchev–Trinajstić information content (AvgIpc) is 2.69. The van der Waals surface area contributed by atoms with E-state index in [0.29, 0.717) is 6.42 Å². The van der Waals surface area contributed by atoms with Crippen LogP contribution in [0.3, 0.4) is 0 Å². The highest BCUT2D eigenvalue weighted by molar-refractivity contribution is 5.93. The molecule has 2 rings (SSSR count). The monoisotopic (exact) mass is 228 g/mol. The highest BCUT2D eigenvalue weighted by atomic mass is 16.1. The Kier molecular flexibility index (Phi) is 3.11. The van der Waals surface area contributed by atoms with Gasteiger partial charge in [0.25, 0.3) is 0 Å². The topological polar surface area (TPSA) is 48.0 Å².